The first-order valence-corrected chi connectivity index (χ1v) is 19.9. The van der Waals surface area contributed by atoms with Gasteiger partial charge in [0.05, 0.1) is 38.8 Å². The molecule has 0 saturated heterocycles. The average Bonchev–Trinajstić information content (AvgIpc) is 4.02. The minimum absolute atomic E-state index is 0.711. The highest BCUT2D eigenvalue weighted by atomic mass is 15.2. The van der Waals surface area contributed by atoms with E-state index in [2.05, 4.69) is 196 Å². The van der Waals surface area contributed by atoms with E-state index in [0.29, 0.717) is 5.95 Å². The normalized spacial score (nSPS) is 12.4. The van der Waals surface area contributed by atoms with Crippen LogP contribution >= 0.6 is 0 Å². The summed E-state index contributed by atoms with van der Waals surface area (Å²) in [7, 11) is 0. The number of para-hydroxylation sites is 4. The highest BCUT2D eigenvalue weighted by Gasteiger charge is 2.23. The van der Waals surface area contributed by atoms with Crippen molar-refractivity contribution in [3.63, 3.8) is 0 Å². The molecule has 4 aromatic heterocycles. The van der Waals surface area contributed by atoms with Gasteiger partial charge in [0.2, 0.25) is 5.95 Å². The van der Waals surface area contributed by atoms with Crippen molar-refractivity contribution in [3.05, 3.63) is 199 Å². The number of nitrogens with zero attached hydrogens (tertiary/aromatic N) is 5. The van der Waals surface area contributed by atoms with Crippen molar-refractivity contribution >= 4 is 65.4 Å². The first kappa shape index (κ1) is 31.4. The van der Waals surface area contributed by atoms with Crippen LogP contribution in [0.3, 0.4) is 0 Å². The maximum atomic E-state index is 5.18. The lowest BCUT2D eigenvalue weighted by Crippen LogP contribution is -2.03. The largest absolute Gasteiger partial charge is 0.309 e. The van der Waals surface area contributed by atoms with Crippen molar-refractivity contribution < 1.29 is 0 Å². The SMILES string of the molecule is c1ccc(-n2c3ccccc3c3cc(-n4c5ccccc5c5cc(-c6ccc7c(c6)c6ccccc6n7-c6ncc7c(n6)Cc6ccccc6-7)ccc54)ccc32)cc1. The van der Waals surface area contributed by atoms with Crippen molar-refractivity contribution in [2.45, 2.75) is 6.42 Å². The van der Waals surface area contributed by atoms with Gasteiger partial charge in [-0.05, 0) is 95.1 Å². The molecule has 0 spiro atoms. The summed E-state index contributed by atoms with van der Waals surface area (Å²) >= 11 is 0. The molecule has 0 saturated carbocycles. The molecule has 5 nitrogen and oxygen atoms in total. The number of hydrogen-bond acceptors (Lipinski definition) is 2. The van der Waals surface area contributed by atoms with E-state index in [1.165, 1.54) is 76.6 Å². The number of benzene rings is 8. The molecule has 58 heavy (non-hydrogen) atoms. The molecule has 0 amide bonds. The Morgan fingerprint density at radius 1 is 0.362 bits per heavy atom. The van der Waals surface area contributed by atoms with Gasteiger partial charge in [-0.25, -0.2) is 9.97 Å². The third-order valence-corrected chi connectivity index (χ3v) is 12.3. The summed E-state index contributed by atoms with van der Waals surface area (Å²) < 4.78 is 7.02. The summed E-state index contributed by atoms with van der Waals surface area (Å²) in [4.78, 5) is 10.1. The molecule has 0 aliphatic heterocycles. The van der Waals surface area contributed by atoms with Crippen LogP contribution in [0.1, 0.15) is 11.3 Å². The summed E-state index contributed by atoms with van der Waals surface area (Å²) in [5.74, 6) is 0.711. The molecule has 0 atom stereocenters. The fourth-order valence-electron chi connectivity index (χ4n) is 9.75. The van der Waals surface area contributed by atoms with Gasteiger partial charge in [-0.1, -0.05) is 109 Å². The summed E-state index contributed by atoms with van der Waals surface area (Å²) in [6.45, 7) is 0. The van der Waals surface area contributed by atoms with Gasteiger partial charge in [0, 0.05) is 61.9 Å². The van der Waals surface area contributed by atoms with Gasteiger partial charge in [-0.2, -0.15) is 0 Å². The number of fused-ring (bicyclic) bond motifs is 12. The van der Waals surface area contributed by atoms with Gasteiger partial charge in [0.25, 0.3) is 0 Å². The van der Waals surface area contributed by atoms with Gasteiger partial charge in [-0.3, -0.25) is 4.57 Å². The molecule has 0 N–H and O–H groups in total. The van der Waals surface area contributed by atoms with Gasteiger partial charge < -0.3 is 9.13 Å². The molecule has 0 radical (unpaired) electrons. The van der Waals surface area contributed by atoms with Crippen molar-refractivity contribution in [2.75, 3.05) is 0 Å². The van der Waals surface area contributed by atoms with Crippen molar-refractivity contribution in [1.29, 1.82) is 0 Å². The Balaban J connectivity index is 0.956. The molecule has 270 valence electrons. The third-order valence-electron chi connectivity index (χ3n) is 12.3. The second-order valence-electron chi connectivity index (χ2n) is 15.4. The van der Waals surface area contributed by atoms with Crippen LogP contribution in [-0.4, -0.2) is 23.7 Å². The van der Waals surface area contributed by atoms with Crippen LogP contribution in [0.15, 0.2) is 188 Å². The molecule has 0 fully saturated rings. The van der Waals surface area contributed by atoms with Gasteiger partial charge in [0.1, 0.15) is 0 Å². The number of aromatic nitrogens is 5. The fraction of sp³-hybridized carbons (Fsp3) is 0.0189. The standard InChI is InChI=1S/C53H33N5/c1-2-13-36(14-3-1)56-47-19-9-7-18-41(47)44-31-37(24-27-51(44)56)57-48-20-10-6-16-39(48)42-28-33(22-25-50(42)57)34-23-26-52-43(29-34)40-17-8-11-21-49(40)58(52)53-54-32-45-38-15-5-4-12-35(38)30-46(45)55-53/h1-29,31-32H,30H2. The zero-order valence-corrected chi connectivity index (χ0v) is 31.3. The Kier molecular flexibility index (Phi) is 6.44. The Morgan fingerprint density at radius 2 is 0.862 bits per heavy atom. The predicted molar refractivity (Wildman–Crippen MR) is 239 cm³/mol. The van der Waals surface area contributed by atoms with E-state index in [0.717, 1.165) is 40.1 Å². The lowest BCUT2D eigenvalue weighted by atomic mass is 10.0. The minimum Gasteiger partial charge on any atom is -0.309 e. The zero-order valence-electron chi connectivity index (χ0n) is 31.3. The molecule has 8 aromatic carbocycles. The lowest BCUT2D eigenvalue weighted by molar-refractivity contribution is 0.955. The predicted octanol–water partition coefficient (Wildman–Crippen LogP) is 13.0. The Morgan fingerprint density at radius 3 is 1.53 bits per heavy atom. The molecule has 1 aliphatic carbocycles. The van der Waals surface area contributed by atoms with Crippen LogP contribution < -0.4 is 0 Å². The molecule has 4 heterocycles. The Bertz CT molecular complexity index is 3660. The smallest absolute Gasteiger partial charge is 0.234 e. The molecule has 12 aromatic rings. The number of hydrogen-bond donors (Lipinski definition) is 0. The molecule has 1 aliphatic rings. The second-order valence-corrected chi connectivity index (χ2v) is 15.4. The van der Waals surface area contributed by atoms with Crippen molar-refractivity contribution in [3.8, 4) is 39.6 Å². The molecule has 5 heteroatoms. The fourth-order valence-corrected chi connectivity index (χ4v) is 9.75. The van der Waals surface area contributed by atoms with Crippen LogP contribution in [0.25, 0.3) is 105 Å². The van der Waals surface area contributed by atoms with Gasteiger partial charge in [0.15, 0.2) is 0 Å². The van der Waals surface area contributed by atoms with E-state index in [9.17, 15) is 0 Å². The van der Waals surface area contributed by atoms with Crippen LogP contribution in [0.2, 0.25) is 0 Å². The topological polar surface area (TPSA) is 40.6 Å². The van der Waals surface area contributed by atoms with E-state index >= 15 is 0 Å². The van der Waals surface area contributed by atoms with E-state index in [1.54, 1.807) is 0 Å². The highest BCUT2D eigenvalue weighted by molar-refractivity contribution is 6.14. The number of rotatable bonds is 4. The summed E-state index contributed by atoms with van der Waals surface area (Å²) in [5.41, 5.74) is 16.4. The summed E-state index contributed by atoms with van der Waals surface area (Å²) in [5, 5.41) is 7.33. The minimum atomic E-state index is 0.711. The monoisotopic (exact) mass is 739 g/mol. The Labute approximate surface area is 333 Å². The van der Waals surface area contributed by atoms with E-state index in [1.807, 2.05) is 6.20 Å². The van der Waals surface area contributed by atoms with Crippen LogP contribution in [0.4, 0.5) is 0 Å². The lowest BCUT2D eigenvalue weighted by Gasteiger charge is -2.11. The van der Waals surface area contributed by atoms with E-state index in [4.69, 9.17) is 9.97 Å². The van der Waals surface area contributed by atoms with Crippen molar-refractivity contribution in [1.82, 2.24) is 23.7 Å². The Hall–Kier alpha value is -7.76. The van der Waals surface area contributed by atoms with Crippen LogP contribution in [0.5, 0.6) is 0 Å². The first-order chi connectivity index (χ1) is 28.8. The zero-order chi connectivity index (χ0) is 37.9. The second kappa shape index (κ2) is 11.9. The van der Waals surface area contributed by atoms with Gasteiger partial charge in [-0.15, -0.1) is 0 Å². The summed E-state index contributed by atoms with van der Waals surface area (Å²) in [6, 6.07) is 66.1. The molecular formula is C53H33N5. The first-order valence-electron chi connectivity index (χ1n) is 19.9. The summed E-state index contributed by atoms with van der Waals surface area (Å²) in [6.07, 6.45) is 2.83. The maximum absolute atomic E-state index is 5.18. The van der Waals surface area contributed by atoms with Gasteiger partial charge >= 0.3 is 0 Å². The van der Waals surface area contributed by atoms with E-state index < -0.39 is 0 Å². The van der Waals surface area contributed by atoms with Crippen LogP contribution in [-0.2, 0) is 6.42 Å². The van der Waals surface area contributed by atoms with Crippen LogP contribution in [0, 0.1) is 0 Å². The molecule has 0 unspecified atom stereocenters. The third kappa shape index (κ3) is 4.41. The van der Waals surface area contributed by atoms with Crippen molar-refractivity contribution in [2.24, 2.45) is 0 Å². The molecule has 13 rings (SSSR count). The highest BCUT2D eigenvalue weighted by Crippen LogP contribution is 2.41. The maximum Gasteiger partial charge on any atom is 0.234 e. The quantitative estimate of drug-likeness (QED) is 0.180. The average molecular weight is 740 g/mol. The molecular weight excluding hydrogens is 707 g/mol. The van der Waals surface area contributed by atoms with E-state index in [-0.39, 0.29) is 0 Å². The molecule has 0 bridgehead atoms.